The van der Waals surface area contributed by atoms with E-state index in [2.05, 4.69) is 62.5 Å². The van der Waals surface area contributed by atoms with Gasteiger partial charge in [-0.25, -0.2) is 4.57 Å². The van der Waals surface area contributed by atoms with Crippen LogP contribution in [-0.4, -0.2) is 98.9 Å². The largest absolute Gasteiger partial charge is 0.472 e. The van der Waals surface area contributed by atoms with E-state index in [9.17, 15) is 39.8 Å². The predicted molar refractivity (Wildman–Crippen MR) is 249 cm³/mol. The van der Waals surface area contributed by atoms with Gasteiger partial charge in [0.2, 0.25) is 0 Å². The number of esters is 1. The van der Waals surface area contributed by atoms with Gasteiger partial charge in [0.1, 0.15) is 42.7 Å². The Morgan fingerprint density at radius 2 is 0.952 bits per heavy atom. The molecule has 6 N–H and O–H groups in total. The maximum Gasteiger partial charge on any atom is 0.472 e. The zero-order valence-corrected chi connectivity index (χ0v) is 39.6. The van der Waals surface area contributed by atoms with Gasteiger partial charge in [-0.2, -0.15) is 0 Å². The standard InChI is InChI=1S/C49H89O12P/c1-3-5-7-9-11-13-15-17-19-21-23-25-27-29-31-33-35-37-39-58-40-42(41-59-62(56,57)61-49-47(54)45(52)44(51)46(53)48(49)55)60-43(50)38-36-34-32-30-28-26-24-22-20-18-16-14-12-10-8-6-4-2/h5,7,11,13,17,19,23,25,42,44-49,51-55H,3-4,6,8-10,12,14-16,18,20-22,24,26-41H2,1-2H3,(H,56,57)/b7-5-,13-11-,19-17-,25-23-. The number of carbonyl (C=O) groups excluding carboxylic acids is 1. The highest BCUT2D eigenvalue weighted by Crippen LogP contribution is 2.47. The molecule has 12 nitrogen and oxygen atoms in total. The van der Waals surface area contributed by atoms with Crippen molar-refractivity contribution in [1.82, 2.24) is 0 Å². The van der Waals surface area contributed by atoms with E-state index in [1.165, 1.54) is 83.5 Å². The molecule has 0 bridgehead atoms. The number of hydrogen-bond donors (Lipinski definition) is 6. The molecular weight excluding hydrogens is 812 g/mol. The highest BCUT2D eigenvalue weighted by molar-refractivity contribution is 7.47. The van der Waals surface area contributed by atoms with Crippen LogP contribution in [0.15, 0.2) is 48.6 Å². The number of unbranched alkanes of at least 4 members (excludes halogenated alkanes) is 21. The lowest BCUT2D eigenvalue weighted by Crippen LogP contribution is -2.64. The summed E-state index contributed by atoms with van der Waals surface area (Å²) in [6.45, 7) is 4.12. The van der Waals surface area contributed by atoms with Gasteiger partial charge in [0, 0.05) is 13.0 Å². The molecule has 1 fully saturated rings. The lowest BCUT2D eigenvalue weighted by Gasteiger charge is -2.41. The quantitative estimate of drug-likeness (QED) is 0.0147. The number of phosphoric acid groups is 1. The molecular formula is C49H89O12P. The van der Waals surface area contributed by atoms with Gasteiger partial charge in [0.25, 0.3) is 0 Å². The summed E-state index contributed by atoms with van der Waals surface area (Å²) in [5, 5.41) is 50.2. The van der Waals surface area contributed by atoms with Crippen LogP contribution >= 0.6 is 7.82 Å². The second-order valence-corrected chi connectivity index (χ2v) is 18.3. The first-order valence-electron chi connectivity index (χ1n) is 24.5. The third-order valence-electron chi connectivity index (χ3n) is 11.2. The Hall–Kier alpha value is -1.70. The fraction of sp³-hybridized carbons (Fsp3) is 0.816. The van der Waals surface area contributed by atoms with E-state index < -0.39 is 63.1 Å². The summed E-state index contributed by atoms with van der Waals surface area (Å²) in [7, 11) is -5.03. The molecule has 62 heavy (non-hydrogen) atoms. The van der Waals surface area contributed by atoms with Crippen LogP contribution in [0.2, 0.25) is 0 Å². The minimum atomic E-state index is -5.03. The molecule has 0 aromatic heterocycles. The van der Waals surface area contributed by atoms with Crippen molar-refractivity contribution in [1.29, 1.82) is 0 Å². The molecule has 6 unspecified atom stereocenters. The molecule has 0 radical (unpaired) electrons. The van der Waals surface area contributed by atoms with E-state index in [1.54, 1.807) is 0 Å². The SMILES string of the molecule is CC/C=C\C/C=C\C/C=C\C/C=C\CCCCCCCOCC(COP(=O)(O)OC1C(O)C(O)C(O)C(O)C1O)OC(=O)CCCCCCCCCCCCCCCCCCC. The number of rotatable bonds is 41. The van der Waals surface area contributed by atoms with Crippen LogP contribution in [0, 0.1) is 0 Å². The van der Waals surface area contributed by atoms with Gasteiger partial charge in [-0.1, -0.05) is 184 Å². The summed E-state index contributed by atoms with van der Waals surface area (Å²) in [4.78, 5) is 23.2. The Bertz CT molecular complexity index is 1210. The summed E-state index contributed by atoms with van der Waals surface area (Å²) >= 11 is 0. The van der Waals surface area contributed by atoms with Crippen LogP contribution in [0.3, 0.4) is 0 Å². The van der Waals surface area contributed by atoms with Crippen molar-refractivity contribution in [2.45, 2.75) is 236 Å². The number of ether oxygens (including phenoxy) is 2. The van der Waals surface area contributed by atoms with Gasteiger partial charge < -0.3 is 39.9 Å². The van der Waals surface area contributed by atoms with E-state index in [4.69, 9.17) is 18.5 Å². The third kappa shape index (κ3) is 31.2. The van der Waals surface area contributed by atoms with E-state index in [0.717, 1.165) is 83.5 Å². The second-order valence-electron chi connectivity index (χ2n) is 16.9. The minimum absolute atomic E-state index is 0.0884. The van der Waals surface area contributed by atoms with Crippen LogP contribution in [-0.2, 0) is 27.9 Å². The number of allylic oxidation sites excluding steroid dienone is 8. The molecule has 1 saturated carbocycles. The van der Waals surface area contributed by atoms with Gasteiger partial charge in [0.05, 0.1) is 13.2 Å². The molecule has 0 amide bonds. The van der Waals surface area contributed by atoms with Crippen molar-refractivity contribution >= 4 is 13.8 Å². The maximum atomic E-state index is 12.8. The third-order valence-corrected chi connectivity index (χ3v) is 12.2. The van der Waals surface area contributed by atoms with E-state index in [0.29, 0.717) is 13.0 Å². The number of aliphatic hydroxyl groups is 5. The van der Waals surface area contributed by atoms with Crippen LogP contribution in [0.25, 0.3) is 0 Å². The average molecular weight is 901 g/mol. The Balaban J connectivity index is 2.38. The molecule has 0 heterocycles. The van der Waals surface area contributed by atoms with Crippen molar-refractivity contribution < 1.29 is 58.3 Å². The Labute approximate surface area is 375 Å². The number of carbonyl (C=O) groups is 1. The summed E-state index contributed by atoms with van der Waals surface area (Å²) in [5.41, 5.74) is 0. The number of hydrogen-bond acceptors (Lipinski definition) is 11. The minimum Gasteiger partial charge on any atom is -0.457 e. The zero-order valence-electron chi connectivity index (χ0n) is 38.7. The molecule has 0 aliphatic heterocycles. The van der Waals surface area contributed by atoms with Crippen LogP contribution in [0.4, 0.5) is 0 Å². The molecule has 0 saturated heterocycles. The first-order chi connectivity index (χ1) is 30.0. The smallest absolute Gasteiger partial charge is 0.457 e. The van der Waals surface area contributed by atoms with Gasteiger partial charge in [-0.05, 0) is 51.4 Å². The number of phosphoric ester groups is 1. The van der Waals surface area contributed by atoms with Crippen molar-refractivity contribution in [3.05, 3.63) is 48.6 Å². The van der Waals surface area contributed by atoms with E-state index >= 15 is 0 Å². The predicted octanol–water partition coefficient (Wildman–Crippen LogP) is 10.4. The normalized spacial score (nSPS) is 22.4. The van der Waals surface area contributed by atoms with Crippen molar-refractivity contribution in [2.24, 2.45) is 0 Å². The van der Waals surface area contributed by atoms with Crippen molar-refractivity contribution in [2.75, 3.05) is 19.8 Å². The zero-order chi connectivity index (χ0) is 45.5. The van der Waals surface area contributed by atoms with Crippen LogP contribution in [0.5, 0.6) is 0 Å². The highest BCUT2D eigenvalue weighted by Gasteiger charge is 2.51. The second kappa shape index (κ2) is 39.6. The fourth-order valence-corrected chi connectivity index (χ4v) is 8.32. The van der Waals surface area contributed by atoms with Gasteiger partial charge in [-0.15, -0.1) is 0 Å². The molecule has 1 aliphatic rings. The van der Waals surface area contributed by atoms with Crippen molar-refractivity contribution in [3.8, 4) is 0 Å². The van der Waals surface area contributed by atoms with Crippen molar-refractivity contribution in [3.63, 3.8) is 0 Å². The fourth-order valence-electron chi connectivity index (χ4n) is 7.35. The molecule has 13 heteroatoms. The summed E-state index contributed by atoms with van der Waals surface area (Å²) < 4.78 is 34.2. The first-order valence-corrected chi connectivity index (χ1v) is 26.0. The monoisotopic (exact) mass is 901 g/mol. The molecule has 362 valence electrons. The van der Waals surface area contributed by atoms with E-state index in [-0.39, 0.29) is 13.0 Å². The summed E-state index contributed by atoms with van der Waals surface area (Å²) in [6.07, 6.45) is 36.0. The van der Waals surface area contributed by atoms with Gasteiger partial charge in [0.15, 0.2) is 0 Å². The topological polar surface area (TPSA) is 192 Å². The van der Waals surface area contributed by atoms with Crippen LogP contribution < -0.4 is 0 Å². The first kappa shape index (κ1) is 58.3. The van der Waals surface area contributed by atoms with Gasteiger partial charge >= 0.3 is 13.8 Å². The molecule has 0 aromatic carbocycles. The summed E-state index contributed by atoms with van der Waals surface area (Å²) in [6, 6.07) is 0. The van der Waals surface area contributed by atoms with E-state index in [1.807, 2.05) is 0 Å². The molecule has 0 aromatic rings. The molecule has 6 atom stereocenters. The Kier molecular flexibility index (Phi) is 37.3. The molecule has 1 aliphatic carbocycles. The highest BCUT2D eigenvalue weighted by atomic mass is 31.2. The lowest BCUT2D eigenvalue weighted by molar-refractivity contribution is -0.220. The number of aliphatic hydroxyl groups excluding tert-OH is 5. The average Bonchev–Trinajstić information content (AvgIpc) is 3.26. The maximum absolute atomic E-state index is 12.8. The lowest BCUT2D eigenvalue weighted by atomic mass is 9.85. The Morgan fingerprint density at radius 1 is 0.532 bits per heavy atom. The summed E-state index contributed by atoms with van der Waals surface area (Å²) in [5.74, 6) is -0.483. The van der Waals surface area contributed by atoms with Gasteiger partial charge in [-0.3, -0.25) is 13.8 Å². The Morgan fingerprint density at radius 3 is 1.45 bits per heavy atom. The molecule has 0 spiro atoms. The molecule has 1 rings (SSSR count). The van der Waals surface area contributed by atoms with Crippen LogP contribution in [0.1, 0.15) is 194 Å².